The maximum Gasteiger partial charge on any atom is 0.321 e. The summed E-state index contributed by atoms with van der Waals surface area (Å²) in [7, 11) is 1.95. The molecule has 2 aromatic heterocycles. The van der Waals surface area contributed by atoms with Crippen molar-refractivity contribution in [1.29, 1.82) is 0 Å². The molecule has 0 radical (unpaired) electrons. The molecule has 7 nitrogen and oxygen atoms in total. The van der Waals surface area contributed by atoms with E-state index < -0.39 is 12.0 Å². The number of benzene rings is 1. The molecule has 3 aromatic rings. The Morgan fingerprint density at radius 2 is 1.82 bits per heavy atom. The van der Waals surface area contributed by atoms with Crippen LogP contribution in [-0.2, 0) is 11.2 Å². The first-order valence-corrected chi connectivity index (χ1v) is 14.6. The number of halogens is 5. The molecule has 1 saturated heterocycles. The van der Waals surface area contributed by atoms with Crippen LogP contribution in [0, 0.1) is 17.7 Å². The normalized spacial score (nSPS) is 21.1. The molecule has 1 aromatic carbocycles. The minimum absolute atomic E-state index is 0. The van der Waals surface area contributed by atoms with Crippen LogP contribution in [0.2, 0.25) is 0 Å². The number of carboxylic acid groups (broad SMARTS) is 1. The number of carbonyl (C=O) groups is 1. The predicted molar refractivity (Wildman–Crippen MR) is 183 cm³/mol. The van der Waals surface area contributed by atoms with Crippen LogP contribution in [-0.4, -0.2) is 74.8 Å². The van der Waals surface area contributed by atoms with Gasteiger partial charge in [-0.15, -0.1) is 49.6 Å². The highest BCUT2D eigenvalue weighted by atomic mass is 35.5. The maximum absolute atomic E-state index is 14.2. The highest BCUT2D eigenvalue weighted by Crippen LogP contribution is 2.43. The van der Waals surface area contributed by atoms with E-state index in [1.807, 2.05) is 39.2 Å². The summed E-state index contributed by atoms with van der Waals surface area (Å²) in [5, 5.41) is 17.8. The fourth-order valence-corrected chi connectivity index (χ4v) is 7.08. The Morgan fingerprint density at radius 3 is 2.43 bits per heavy atom. The van der Waals surface area contributed by atoms with Crippen LogP contribution in [0.5, 0.6) is 0 Å². The van der Waals surface area contributed by atoms with E-state index in [4.69, 9.17) is 0 Å². The lowest BCUT2D eigenvalue weighted by Crippen LogP contribution is -2.47. The highest BCUT2D eigenvalue weighted by Gasteiger charge is 2.41. The van der Waals surface area contributed by atoms with E-state index in [-0.39, 0.29) is 73.3 Å². The molecule has 1 saturated carbocycles. The number of likely N-dealkylation sites (N-methyl/N-ethyl adjacent to an activating group) is 1. The van der Waals surface area contributed by atoms with Crippen LogP contribution in [0.25, 0.3) is 0 Å². The third-order valence-electron chi connectivity index (χ3n) is 9.12. The third kappa shape index (κ3) is 9.78. The maximum atomic E-state index is 14.2. The van der Waals surface area contributed by atoms with Crippen LogP contribution in [0.1, 0.15) is 73.9 Å². The van der Waals surface area contributed by atoms with Gasteiger partial charge < -0.3 is 10.0 Å². The van der Waals surface area contributed by atoms with Crippen molar-refractivity contribution in [3.63, 3.8) is 0 Å². The van der Waals surface area contributed by atoms with Gasteiger partial charge in [-0.05, 0) is 99.0 Å². The van der Waals surface area contributed by atoms with Crippen LogP contribution in [0.15, 0.2) is 54.9 Å². The zero-order valence-corrected chi connectivity index (χ0v) is 28.7. The van der Waals surface area contributed by atoms with Crippen molar-refractivity contribution >= 4 is 55.6 Å². The Balaban J connectivity index is 0.00000242. The summed E-state index contributed by atoms with van der Waals surface area (Å²) in [5.74, 6) is 0.0706. The van der Waals surface area contributed by atoms with Gasteiger partial charge >= 0.3 is 5.97 Å². The number of rotatable bonds is 10. The molecule has 1 aliphatic carbocycles. The molecule has 2 fully saturated rings. The van der Waals surface area contributed by atoms with Gasteiger partial charge in [-0.3, -0.25) is 19.8 Å². The Labute approximate surface area is 285 Å². The monoisotopic (exact) mass is 691 g/mol. The van der Waals surface area contributed by atoms with E-state index in [1.165, 1.54) is 11.8 Å². The minimum atomic E-state index is -0.771. The number of nitrogens with zero attached hydrogens (tertiary/aromatic N) is 4. The van der Waals surface area contributed by atoms with Crippen LogP contribution in [0.3, 0.4) is 0 Å². The SMILES string of the molecule is CC(C)[C@H](C(=O)O)N(C)C1CC(CN2CCC(c3cc(Cc4cccnc4)n[nH]3)CC2)C(c2cccc(F)c2)C1.Cl.Cl.Cl.Cl. The summed E-state index contributed by atoms with van der Waals surface area (Å²) in [6, 6.07) is 12.9. The molecule has 2 aliphatic rings. The first-order chi connectivity index (χ1) is 19.3. The second kappa shape index (κ2) is 18.3. The second-order valence-electron chi connectivity index (χ2n) is 12.2. The lowest BCUT2D eigenvalue weighted by molar-refractivity contribution is -0.145. The number of nitrogens with one attached hydrogen (secondary N) is 1. The van der Waals surface area contributed by atoms with Crippen LogP contribution < -0.4 is 0 Å². The molecule has 246 valence electrons. The average molecular weight is 694 g/mol. The molecule has 3 heterocycles. The van der Waals surface area contributed by atoms with E-state index >= 15 is 0 Å². The number of H-pyrrole nitrogens is 1. The number of carboxylic acids is 1. The van der Waals surface area contributed by atoms with E-state index in [0.717, 1.165) is 68.6 Å². The molecule has 1 aliphatic heterocycles. The number of aromatic amines is 1. The van der Waals surface area contributed by atoms with Gasteiger partial charge in [0, 0.05) is 43.0 Å². The summed E-state index contributed by atoms with van der Waals surface area (Å²) in [4.78, 5) is 20.9. The van der Waals surface area contributed by atoms with Crippen molar-refractivity contribution in [2.24, 2.45) is 11.8 Å². The lowest BCUT2D eigenvalue weighted by Gasteiger charge is -2.35. The molecule has 5 rings (SSSR count). The highest BCUT2D eigenvalue weighted by molar-refractivity contribution is 5.86. The Kier molecular flexibility index (Phi) is 16.6. The molecule has 2 N–H and O–H groups in total. The standard InChI is InChI=1S/C32H42FN5O2.4ClH/c1-21(2)31(32(39)40)37(3)28-16-25(29(18-28)24-7-4-8-26(33)15-24)20-38-12-9-23(10-13-38)30-17-27(35-36-30)14-22-6-5-11-34-19-22;;;;/h4-8,11,15,17,19,21,23,25,28-29,31H,9-10,12-14,16,18,20H2,1-3H3,(H,35,36)(H,39,40);4*1H/t25?,28?,29?,31-;;;;/m1..../s1. The zero-order chi connectivity index (χ0) is 28.2. The number of aromatic nitrogens is 3. The lowest BCUT2D eigenvalue weighted by atomic mass is 9.87. The number of hydrogen-bond acceptors (Lipinski definition) is 5. The van der Waals surface area contributed by atoms with Crippen molar-refractivity contribution in [2.75, 3.05) is 26.7 Å². The average Bonchev–Trinajstić information content (AvgIpc) is 3.57. The van der Waals surface area contributed by atoms with Crippen molar-refractivity contribution in [2.45, 2.75) is 69.9 Å². The largest absolute Gasteiger partial charge is 0.480 e. The summed E-state index contributed by atoms with van der Waals surface area (Å²) in [6.07, 6.45) is 8.38. The second-order valence-corrected chi connectivity index (χ2v) is 12.2. The van der Waals surface area contributed by atoms with E-state index in [9.17, 15) is 14.3 Å². The number of piperidine rings is 1. The number of likely N-dealkylation sites (tertiary alicyclic amines) is 1. The summed E-state index contributed by atoms with van der Waals surface area (Å²) in [6.45, 7) is 6.91. The first kappa shape index (κ1) is 40.1. The summed E-state index contributed by atoms with van der Waals surface area (Å²) >= 11 is 0. The van der Waals surface area contributed by atoms with E-state index in [0.29, 0.717) is 11.8 Å². The summed E-state index contributed by atoms with van der Waals surface area (Å²) < 4.78 is 14.2. The van der Waals surface area contributed by atoms with Crippen molar-refractivity contribution in [3.8, 4) is 0 Å². The molecule has 0 amide bonds. The van der Waals surface area contributed by atoms with E-state index in [2.05, 4.69) is 37.1 Å². The molecular weight excluding hydrogens is 647 g/mol. The Morgan fingerprint density at radius 1 is 1.09 bits per heavy atom. The zero-order valence-electron chi connectivity index (χ0n) is 25.5. The number of hydrogen-bond donors (Lipinski definition) is 2. The molecule has 12 heteroatoms. The fourth-order valence-electron chi connectivity index (χ4n) is 7.08. The van der Waals surface area contributed by atoms with Gasteiger partial charge in [-0.25, -0.2) is 4.39 Å². The van der Waals surface area contributed by atoms with Crippen molar-refractivity contribution in [1.82, 2.24) is 25.0 Å². The topological polar surface area (TPSA) is 85.3 Å². The van der Waals surface area contributed by atoms with Gasteiger partial charge in [-0.1, -0.05) is 32.0 Å². The molecule has 3 unspecified atom stereocenters. The Hall–Kier alpha value is -1.94. The fraction of sp³-hybridized carbons (Fsp3) is 0.531. The quantitative estimate of drug-likeness (QED) is 0.238. The van der Waals surface area contributed by atoms with Gasteiger partial charge in [0.25, 0.3) is 0 Å². The number of pyridine rings is 1. The molecule has 0 spiro atoms. The van der Waals surface area contributed by atoms with E-state index in [1.54, 1.807) is 18.3 Å². The predicted octanol–water partition coefficient (Wildman–Crippen LogP) is 7.00. The molecule has 0 bridgehead atoms. The van der Waals surface area contributed by atoms with Gasteiger partial charge in [-0.2, -0.15) is 5.10 Å². The molecule has 4 atom stereocenters. The van der Waals surface area contributed by atoms with Crippen LogP contribution >= 0.6 is 49.6 Å². The smallest absolute Gasteiger partial charge is 0.321 e. The minimum Gasteiger partial charge on any atom is -0.480 e. The van der Waals surface area contributed by atoms with Gasteiger partial charge in [0.1, 0.15) is 11.9 Å². The van der Waals surface area contributed by atoms with Gasteiger partial charge in [0.05, 0.1) is 5.69 Å². The number of aliphatic carboxylic acids is 1. The van der Waals surface area contributed by atoms with Crippen molar-refractivity contribution < 1.29 is 14.3 Å². The van der Waals surface area contributed by atoms with Gasteiger partial charge in [0.2, 0.25) is 0 Å². The third-order valence-corrected chi connectivity index (χ3v) is 9.12. The van der Waals surface area contributed by atoms with Crippen LogP contribution in [0.4, 0.5) is 4.39 Å². The first-order valence-electron chi connectivity index (χ1n) is 14.6. The van der Waals surface area contributed by atoms with Gasteiger partial charge in [0.15, 0.2) is 0 Å². The van der Waals surface area contributed by atoms with Crippen molar-refractivity contribution in [3.05, 3.63) is 83.2 Å². The summed E-state index contributed by atoms with van der Waals surface area (Å²) in [5.41, 5.74) is 4.45. The molecule has 44 heavy (non-hydrogen) atoms. The molecular formula is C32H46Cl4FN5O2. The Bertz CT molecular complexity index is 1280.